The molecule has 2 aromatic carbocycles. The highest BCUT2D eigenvalue weighted by atomic mass is 16.2. The third-order valence-corrected chi connectivity index (χ3v) is 14.7. The summed E-state index contributed by atoms with van der Waals surface area (Å²) in [5.41, 5.74) is 2.15. The van der Waals surface area contributed by atoms with Crippen LogP contribution in [0.5, 0.6) is 0 Å². The molecule has 2 saturated heterocycles. The van der Waals surface area contributed by atoms with Crippen LogP contribution >= 0.6 is 0 Å². The summed E-state index contributed by atoms with van der Waals surface area (Å²) in [5.74, 6) is -3.18. The van der Waals surface area contributed by atoms with E-state index >= 15 is 0 Å². The lowest BCUT2D eigenvalue weighted by Crippen LogP contribution is -2.59. The molecule has 0 unspecified atom stereocenters. The lowest BCUT2D eigenvalue weighted by atomic mass is 9.85. The van der Waals surface area contributed by atoms with Gasteiger partial charge < -0.3 is 41.7 Å². The number of benzene rings is 2. The van der Waals surface area contributed by atoms with E-state index in [4.69, 9.17) is 0 Å². The molecule has 5 rings (SSSR count). The van der Waals surface area contributed by atoms with Gasteiger partial charge in [-0.15, -0.1) is 0 Å². The summed E-state index contributed by atoms with van der Waals surface area (Å²) in [6, 6.07) is 9.55. The van der Waals surface area contributed by atoms with E-state index in [1.54, 1.807) is 52.2 Å². The van der Waals surface area contributed by atoms with Crippen molar-refractivity contribution in [1.29, 1.82) is 0 Å². The summed E-state index contributed by atoms with van der Waals surface area (Å²) in [6.07, 6.45) is 4.08. The number of Topliss-reactive ketones (excluding diaryl/α,β-unsaturated/α-hetero) is 2. The Balaban J connectivity index is 1.34. The Labute approximate surface area is 415 Å². The number of ketones is 2. The number of carbonyl (C=O) groups excluding carboxylic acids is 8. The molecule has 0 aromatic heterocycles. The highest BCUT2D eigenvalue weighted by Crippen LogP contribution is 2.35. The molecule has 0 spiro atoms. The van der Waals surface area contributed by atoms with Crippen molar-refractivity contribution in [2.24, 2.45) is 23.2 Å². The van der Waals surface area contributed by atoms with Gasteiger partial charge in [0.05, 0.1) is 18.1 Å². The second-order valence-corrected chi connectivity index (χ2v) is 21.4. The van der Waals surface area contributed by atoms with Crippen molar-refractivity contribution in [3.05, 3.63) is 70.8 Å². The summed E-state index contributed by atoms with van der Waals surface area (Å²) in [6.45, 7) is 17.1. The van der Waals surface area contributed by atoms with Crippen molar-refractivity contribution in [1.82, 2.24) is 41.7 Å². The molecule has 3 aliphatic rings. The van der Waals surface area contributed by atoms with Crippen LogP contribution in [0, 0.1) is 23.2 Å². The smallest absolute Gasteiger partial charge is 0.246 e. The number of nitrogens with one attached hydrogen (secondary N) is 6. The van der Waals surface area contributed by atoms with Gasteiger partial charge in [0.2, 0.25) is 35.4 Å². The van der Waals surface area contributed by atoms with E-state index in [2.05, 4.69) is 38.0 Å². The number of likely N-dealkylation sites (tertiary alicyclic amines) is 2. The van der Waals surface area contributed by atoms with Gasteiger partial charge >= 0.3 is 0 Å². The van der Waals surface area contributed by atoms with Gasteiger partial charge in [-0.25, -0.2) is 0 Å². The van der Waals surface area contributed by atoms with Gasteiger partial charge in [0.15, 0.2) is 11.6 Å². The van der Waals surface area contributed by atoms with Crippen molar-refractivity contribution in [2.45, 2.75) is 168 Å². The molecule has 0 radical (unpaired) electrons. The van der Waals surface area contributed by atoms with Gasteiger partial charge in [-0.3, -0.25) is 38.4 Å². The first-order chi connectivity index (χ1) is 33.1. The maximum absolute atomic E-state index is 14.7. The number of hydrogen-bond donors (Lipinski definition) is 6. The fourth-order valence-corrected chi connectivity index (χ4v) is 9.80. The maximum Gasteiger partial charge on any atom is 0.246 e. The fourth-order valence-electron chi connectivity index (χ4n) is 9.80. The summed E-state index contributed by atoms with van der Waals surface area (Å²) in [4.78, 5) is 115. The number of fused-ring (bicyclic) bond motifs is 1. The fraction of sp³-hybridized carbons (Fsp3) is 0.630. The first kappa shape index (κ1) is 55.4. The molecule has 70 heavy (non-hydrogen) atoms. The quantitative estimate of drug-likeness (QED) is 0.0953. The minimum atomic E-state index is -0.956. The van der Waals surface area contributed by atoms with Gasteiger partial charge in [0.1, 0.15) is 24.2 Å². The van der Waals surface area contributed by atoms with Gasteiger partial charge in [0, 0.05) is 43.1 Å². The third-order valence-electron chi connectivity index (χ3n) is 14.7. The predicted molar refractivity (Wildman–Crippen MR) is 270 cm³/mol. The van der Waals surface area contributed by atoms with Crippen molar-refractivity contribution in [2.75, 3.05) is 27.2 Å². The topological polar surface area (TPSA) is 215 Å². The number of nitrogens with zero attached hydrogens (tertiary/aromatic N) is 2. The molecule has 0 saturated carbocycles. The Morgan fingerprint density at radius 1 is 0.686 bits per heavy atom. The van der Waals surface area contributed by atoms with E-state index in [0.717, 1.165) is 24.8 Å². The van der Waals surface area contributed by atoms with E-state index in [1.165, 1.54) is 15.4 Å². The van der Waals surface area contributed by atoms with Crippen molar-refractivity contribution in [3.8, 4) is 0 Å². The van der Waals surface area contributed by atoms with E-state index in [9.17, 15) is 38.4 Å². The first-order valence-electron chi connectivity index (χ1n) is 25.5. The minimum absolute atomic E-state index is 0.00858. The monoisotopic (exact) mass is 969 g/mol. The molecule has 2 fully saturated rings. The second kappa shape index (κ2) is 24.6. The molecule has 2 aromatic rings. The second-order valence-electron chi connectivity index (χ2n) is 21.4. The van der Waals surface area contributed by atoms with Crippen LogP contribution in [0.25, 0.3) is 0 Å². The average molecular weight is 969 g/mol. The Morgan fingerprint density at radius 2 is 1.23 bits per heavy atom. The number of carbonyl (C=O) groups is 8. The van der Waals surface area contributed by atoms with Crippen LogP contribution in [0.3, 0.4) is 0 Å². The van der Waals surface area contributed by atoms with Gasteiger partial charge in [-0.1, -0.05) is 90.4 Å². The van der Waals surface area contributed by atoms with Crippen molar-refractivity contribution >= 4 is 47.0 Å². The first-order valence-corrected chi connectivity index (χ1v) is 25.5. The molecular formula is C54H80N8O8. The van der Waals surface area contributed by atoms with Crippen molar-refractivity contribution in [3.63, 3.8) is 0 Å². The molecule has 1 aliphatic carbocycles. The Bertz CT molecular complexity index is 2220. The molecule has 2 aliphatic heterocycles. The number of aryl methyl sites for hydroxylation is 1. The summed E-state index contributed by atoms with van der Waals surface area (Å²) in [5, 5.41) is 17.9. The normalized spacial score (nSPS) is 22.3. The minimum Gasteiger partial charge on any atom is -0.352 e. The van der Waals surface area contributed by atoms with Crippen LogP contribution in [0.4, 0.5) is 0 Å². The number of amides is 6. The third kappa shape index (κ3) is 13.9. The lowest BCUT2D eigenvalue weighted by Gasteiger charge is -2.36. The van der Waals surface area contributed by atoms with Crippen LogP contribution in [0.1, 0.15) is 152 Å². The number of likely N-dealkylation sites (N-methyl/N-ethyl adjacent to an activating group) is 2. The largest absolute Gasteiger partial charge is 0.352 e. The highest BCUT2D eigenvalue weighted by molar-refractivity contribution is 6.02. The van der Waals surface area contributed by atoms with E-state index in [0.29, 0.717) is 24.0 Å². The molecule has 16 heteroatoms. The van der Waals surface area contributed by atoms with Gasteiger partial charge in [-0.2, -0.15) is 0 Å². The summed E-state index contributed by atoms with van der Waals surface area (Å²) in [7, 11) is 3.32. The van der Waals surface area contributed by atoms with E-state index in [-0.39, 0.29) is 104 Å². The van der Waals surface area contributed by atoms with Gasteiger partial charge in [0.25, 0.3) is 0 Å². The Kier molecular flexibility index (Phi) is 19.5. The molecule has 2 heterocycles. The molecular weight excluding hydrogens is 889 g/mol. The van der Waals surface area contributed by atoms with Crippen LogP contribution in [-0.2, 0) is 35.2 Å². The predicted octanol–water partition coefficient (Wildman–Crippen LogP) is 4.65. The summed E-state index contributed by atoms with van der Waals surface area (Å²) >= 11 is 0. The van der Waals surface area contributed by atoms with Crippen molar-refractivity contribution < 1.29 is 38.4 Å². The number of rotatable bonds is 21. The standard InChI is InChI=1S/C54H80N8O8/c1-12-17-42(59-48(65)33(5)55-10)52(69)61-29-35(24-43(61)50(67)57-32(4)31(2)3)26-45(63)38-20-15-21-39(28-38)46(64)27-36-25-44(51(68)58-41-23-16-19-37-18-13-14-22-40(37)41)62(30-36)53(70)47(54(7,8)9)60-49(66)34(6)56-11/h13-15,18,20-22,28,31-36,41-44,47,55-56H,12,16-17,19,23-27,29-30H2,1-11H3,(H,57,67)(H,58,68)(H,59,65)(H,60,66)/t32-,33+,34+,35-,36-,41-,42+,43+,44+,47-/m1/s1. The number of hydrogen-bond acceptors (Lipinski definition) is 10. The zero-order valence-corrected chi connectivity index (χ0v) is 43.4. The van der Waals surface area contributed by atoms with Gasteiger partial charge in [-0.05, 0) is 114 Å². The molecule has 16 nitrogen and oxygen atoms in total. The Morgan fingerprint density at radius 3 is 1.77 bits per heavy atom. The lowest BCUT2D eigenvalue weighted by molar-refractivity contribution is -0.144. The molecule has 10 atom stereocenters. The molecule has 0 bridgehead atoms. The Hall–Kier alpha value is -5.48. The zero-order chi connectivity index (χ0) is 51.6. The molecule has 6 N–H and O–H groups in total. The highest BCUT2D eigenvalue weighted by Gasteiger charge is 2.47. The van der Waals surface area contributed by atoms with Crippen LogP contribution in [-0.4, -0.2) is 126 Å². The van der Waals surface area contributed by atoms with Crippen LogP contribution in [0.15, 0.2) is 48.5 Å². The molecule has 384 valence electrons. The average Bonchev–Trinajstić information content (AvgIpc) is 3.96. The van der Waals surface area contributed by atoms with E-state index < -0.39 is 53.5 Å². The van der Waals surface area contributed by atoms with E-state index in [1.807, 2.05) is 66.7 Å². The zero-order valence-electron chi connectivity index (χ0n) is 43.4. The van der Waals surface area contributed by atoms with Crippen LogP contribution < -0.4 is 31.9 Å². The SMILES string of the molecule is CCC[C@H](NC(=O)[C@H](C)NC)C(=O)N1C[C@@H](CC(=O)c2cccc(C(=O)C[C@H]3C[C@@H](C(=O)N[C@@H]4CCCc5ccccc54)N(C(=O)[C@@H](NC(=O)[C@H](C)NC)C(C)(C)C)C3)c2)C[C@H]1C(=O)N[C@H](C)C(C)C. The molecule has 6 amide bonds. The summed E-state index contributed by atoms with van der Waals surface area (Å²) < 4.78 is 0. The maximum atomic E-state index is 14.7. The van der Waals surface area contributed by atoms with Crippen LogP contribution in [0.2, 0.25) is 0 Å².